The number of thiophene rings is 1. The van der Waals surface area contributed by atoms with Crippen molar-refractivity contribution in [1.29, 1.82) is 0 Å². The summed E-state index contributed by atoms with van der Waals surface area (Å²) in [7, 11) is 6.99. The van der Waals surface area contributed by atoms with E-state index in [2.05, 4.69) is 36.8 Å². The average Bonchev–Trinajstić information content (AvgIpc) is 3.19. The second kappa shape index (κ2) is 9.11. The number of benzene rings is 1. The Kier molecular flexibility index (Phi) is 7.14. The van der Waals surface area contributed by atoms with Crippen LogP contribution >= 0.6 is 11.3 Å². The summed E-state index contributed by atoms with van der Waals surface area (Å²) < 4.78 is 16.3. The maximum atomic E-state index is 5.45. The molecule has 0 saturated carbocycles. The molecule has 0 aliphatic heterocycles. The molecule has 138 valence electrons. The zero-order valence-corrected chi connectivity index (χ0v) is 16.7. The standard InChI is InChI=1S/C20H29NO3S/c1-6-20(21-2,18-10-8-12-25-18)11-7-9-15-13-16(22-3)19(24-5)17(14-15)23-4/h8,10,12-14,21H,6-7,9,11H2,1-5H3. The Bertz CT molecular complexity index is 626. The van der Waals surface area contributed by atoms with Gasteiger partial charge in [0, 0.05) is 4.88 Å². The molecule has 0 amide bonds. The Morgan fingerprint density at radius 3 is 2.20 bits per heavy atom. The molecule has 1 atom stereocenters. The van der Waals surface area contributed by atoms with Gasteiger partial charge in [0.25, 0.3) is 0 Å². The summed E-state index contributed by atoms with van der Waals surface area (Å²) in [6.07, 6.45) is 4.19. The fourth-order valence-corrected chi connectivity index (χ4v) is 4.36. The van der Waals surface area contributed by atoms with E-state index in [1.165, 1.54) is 10.4 Å². The van der Waals surface area contributed by atoms with Crippen molar-refractivity contribution in [3.05, 3.63) is 40.1 Å². The first kappa shape index (κ1) is 19.6. The van der Waals surface area contributed by atoms with Crippen LogP contribution in [0.1, 0.15) is 36.6 Å². The van der Waals surface area contributed by atoms with E-state index < -0.39 is 0 Å². The van der Waals surface area contributed by atoms with E-state index in [0.29, 0.717) is 17.2 Å². The molecule has 1 heterocycles. The van der Waals surface area contributed by atoms with Crippen LogP contribution in [-0.4, -0.2) is 28.4 Å². The van der Waals surface area contributed by atoms with Crippen molar-refractivity contribution in [3.63, 3.8) is 0 Å². The average molecular weight is 364 g/mol. The molecule has 1 N–H and O–H groups in total. The summed E-state index contributed by atoms with van der Waals surface area (Å²) >= 11 is 1.82. The maximum absolute atomic E-state index is 5.45. The van der Waals surface area contributed by atoms with Crippen molar-refractivity contribution in [2.45, 2.75) is 38.1 Å². The van der Waals surface area contributed by atoms with Crippen LogP contribution in [0, 0.1) is 0 Å². The van der Waals surface area contributed by atoms with E-state index in [9.17, 15) is 0 Å². The van der Waals surface area contributed by atoms with Gasteiger partial charge in [0.15, 0.2) is 11.5 Å². The lowest BCUT2D eigenvalue weighted by atomic mass is 9.87. The number of aryl methyl sites for hydroxylation is 1. The van der Waals surface area contributed by atoms with Crippen LogP contribution in [-0.2, 0) is 12.0 Å². The predicted octanol–water partition coefficient (Wildman–Crippen LogP) is 4.62. The third-order valence-corrected chi connectivity index (χ3v) is 5.94. The van der Waals surface area contributed by atoms with Gasteiger partial charge in [-0.2, -0.15) is 0 Å². The van der Waals surface area contributed by atoms with Gasteiger partial charge in [0.2, 0.25) is 5.75 Å². The fraction of sp³-hybridized carbons (Fsp3) is 0.500. The Morgan fingerprint density at radius 2 is 1.76 bits per heavy atom. The van der Waals surface area contributed by atoms with Crippen LogP contribution in [0.5, 0.6) is 17.2 Å². The molecule has 0 aliphatic rings. The van der Waals surface area contributed by atoms with Gasteiger partial charge in [0.1, 0.15) is 0 Å². The van der Waals surface area contributed by atoms with Crippen LogP contribution in [0.15, 0.2) is 29.6 Å². The third kappa shape index (κ3) is 4.28. The van der Waals surface area contributed by atoms with E-state index >= 15 is 0 Å². The molecule has 0 saturated heterocycles. The Labute approximate surface area is 155 Å². The first-order valence-corrected chi connectivity index (χ1v) is 9.53. The summed E-state index contributed by atoms with van der Waals surface area (Å²) in [4.78, 5) is 1.40. The van der Waals surface area contributed by atoms with E-state index in [1.807, 2.05) is 23.5 Å². The molecular formula is C20H29NO3S. The normalized spacial score (nSPS) is 13.3. The van der Waals surface area contributed by atoms with E-state index in [1.54, 1.807) is 21.3 Å². The molecule has 1 aromatic carbocycles. The number of methoxy groups -OCH3 is 3. The smallest absolute Gasteiger partial charge is 0.203 e. The number of nitrogens with one attached hydrogen (secondary N) is 1. The quantitative estimate of drug-likeness (QED) is 0.668. The van der Waals surface area contributed by atoms with E-state index in [-0.39, 0.29) is 5.54 Å². The summed E-state index contributed by atoms with van der Waals surface area (Å²) in [5.41, 5.74) is 1.25. The van der Waals surface area contributed by atoms with Crippen molar-refractivity contribution in [3.8, 4) is 17.2 Å². The molecule has 0 radical (unpaired) electrons. The minimum absolute atomic E-state index is 0.0504. The minimum Gasteiger partial charge on any atom is -0.493 e. The minimum atomic E-state index is 0.0504. The molecule has 1 unspecified atom stereocenters. The monoisotopic (exact) mass is 363 g/mol. The molecular weight excluding hydrogens is 334 g/mol. The second-order valence-corrected chi connectivity index (χ2v) is 7.00. The number of rotatable bonds is 10. The lowest BCUT2D eigenvalue weighted by Crippen LogP contribution is -2.38. The summed E-state index contributed by atoms with van der Waals surface area (Å²) in [6, 6.07) is 8.43. The molecule has 0 spiro atoms. The highest BCUT2D eigenvalue weighted by atomic mass is 32.1. The van der Waals surface area contributed by atoms with Crippen LogP contribution in [0.4, 0.5) is 0 Å². The van der Waals surface area contributed by atoms with Crippen LogP contribution in [0.3, 0.4) is 0 Å². The van der Waals surface area contributed by atoms with Gasteiger partial charge in [-0.1, -0.05) is 13.0 Å². The molecule has 4 nitrogen and oxygen atoms in total. The largest absolute Gasteiger partial charge is 0.493 e. The highest BCUT2D eigenvalue weighted by Gasteiger charge is 2.28. The molecule has 0 bridgehead atoms. The Morgan fingerprint density at radius 1 is 1.08 bits per heavy atom. The van der Waals surface area contributed by atoms with Gasteiger partial charge < -0.3 is 19.5 Å². The number of hydrogen-bond acceptors (Lipinski definition) is 5. The van der Waals surface area contributed by atoms with Gasteiger partial charge in [-0.15, -0.1) is 11.3 Å². The predicted molar refractivity (Wildman–Crippen MR) is 104 cm³/mol. The second-order valence-electron chi connectivity index (χ2n) is 6.05. The van der Waals surface area contributed by atoms with Crippen LogP contribution < -0.4 is 19.5 Å². The number of hydrogen-bond donors (Lipinski definition) is 1. The van der Waals surface area contributed by atoms with Crippen molar-refractivity contribution < 1.29 is 14.2 Å². The van der Waals surface area contributed by atoms with Gasteiger partial charge in [0.05, 0.1) is 26.9 Å². The molecule has 25 heavy (non-hydrogen) atoms. The first-order chi connectivity index (χ1) is 12.1. The van der Waals surface area contributed by atoms with Crippen LogP contribution in [0.25, 0.3) is 0 Å². The van der Waals surface area contributed by atoms with Gasteiger partial charge >= 0.3 is 0 Å². The molecule has 5 heteroatoms. The van der Waals surface area contributed by atoms with E-state index in [4.69, 9.17) is 14.2 Å². The molecule has 1 aromatic heterocycles. The van der Waals surface area contributed by atoms with Crippen LogP contribution in [0.2, 0.25) is 0 Å². The lowest BCUT2D eigenvalue weighted by molar-refractivity contribution is 0.317. The highest BCUT2D eigenvalue weighted by molar-refractivity contribution is 7.10. The summed E-state index contributed by atoms with van der Waals surface area (Å²) in [5.74, 6) is 2.07. The Hall–Kier alpha value is -1.72. The topological polar surface area (TPSA) is 39.7 Å². The van der Waals surface area contributed by atoms with Crippen molar-refractivity contribution in [2.24, 2.45) is 0 Å². The first-order valence-electron chi connectivity index (χ1n) is 8.65. The molecule has 0 aliphatic carbocycles. The van der Waals surface area contributed by atoms with Crippen molar-refractivity contribution in [2.75, 3.05) is 28.4 Å². The molecule has 2 aromatic rings. The SMILES string of the molecule is CCC(CCCc1cc(OC)c(OC)c(OC)c1)(NC)c1cccs1. The maximum Gasteiger partial charge on any atom is 0.203 e. The summed E-state index contributed by atoms with van der Waals surface area (Å²) in [6.45, 7) is 2.25. The molecule has 0 fully saturated rings. The zero-order valence-electron chi connectivity index (χ0n) is 15.8. The lowest BCUT2D eigenvalue weighted by Gasteiger charge is -2.32. The van der Waals surface area contributed by atoms with Gasteiger partial charge in [-0.05, 0) is 61.9 Å². The van der Waals surface area contributed by atoms with Gasteiger partial charge in [-0.25, -0.2) is 0 Å². The number of ether oxygens (including phenoxy) is 3. The molecule has 2 rings (SSSR count). The van der Waals surface area contributed by atoms with Crippen molar-refractivity contribution in [1.82, 2.24) is 5.32 Å². The van der Waals surface area contributed by atoms with Crippen molar-refractivity contribution >= 4 is 11.3 Å². The van der Waals surface area contributed by atoms with Gasteiger partial charge in [-0.3, -0.25) is 0 Å². The Balaban J connectivity index is 2.13. The zero-order chi connectivity index (χ0) is 18.3. The highest BCUT2D eigenvalue weighted by Crippen LogP contribution is 2.39. The third-order valence-electron chi connectivity index (χ3n) is 4.87. The van der Waals surface area contributed by atoms with E-state index in [0.717, 1.165) is 25.7 Å². The fourth-order valence-electron chi connectivity index (χ4n) is 3.32. The summed E-state index contributed by atoms with van der Waals surface area (Å²) in [5, 5.41) is 5.71.